The number of hydrogen-bond acceptors (Lipinski definition) is 5. The monoisotopic (exact) mass is 363 g/mol. The first kappa shape index (κ1) is 18.9. The van der Waals surface area contributed by atoms with Crippen LogP contribution in [-0.2, 0) is 9.59 Å². The number of carbonyl (C=O) groups is 2. The lowest BCUT2D eigenvalue weighted by Crippen LogP contribution is -2.35. The quantitative estimate of drug-likeness (QED) is 0.605. The fourth-order valence-electron chi connectivity index (χ4n) is 2.23. The van der Waals surface area contributed by atoms with Crippen LogP contribution >= 0.6 is 11.8 Å². The normalized spacial score (nSPS) is 11.8. The third-order valence-corrected chi connectivity index (χ3v) is 4.21. The molecule has 1 aromatic heterocycles. The van der Waals surface area contributed by atoms with Crippen LogP contribution in [0.1, 0.15) is 28.6 Å². The van der Waals surface area contributed by atoms with Crippen molar-refractivity contribution in [3.8, 4) is 0 Å². The Labute approximate surface area is 148 Å². The van der Waals surface area contributed by atoms with Crippen molar-refractivity contribution >= 4 is 23.6 Å². The van der Waals surface area contributed by atoms with Gasteiger partial charge in [0, 0.05) is 11.4 Å². The first-order valence-corrected chi connectivity index (χ1v) is 8.48. The van der Waals surface area contributed by atoms with E-state index in [9.17, 15) is 19.1 Å². The molecule has 1 aromatic carbocycles. The number of halogens is 1. The summed E-state index contributed by atoms with van der Waals surface area (Å²) in [6.45, 7) is 5.19. The SMILES string of the molecule is Cc1cc(C)nc(SCC(=O)NC(C(=O)O)c2ccc(F)c(C)c2)n1. The highest BCUT2D eigenvalue weighted by atomic mass is 32.2. The summed E-state index contributed by atoms with van der Waals surface area (Å²) in [5.74, 6) is -2.14. The highest BCUT2D eigenvalue weighted by molar-refractivity contribution is 7.99. The minimum absolute atomic E-state index is 0.0210. The van der Waals surface area contributed by atoms with Crippen LogP contribution in [0.25, 0.3) is 0 Å². The average Bonchev–Trinajstić information content (AvgIpc) is 2.52. The summed E-state index contributed by atoms with van der Waals surface area (Å²) in [6, 6.07) is 4.52. The van der Waals surface area contributed by atoms with Gasteiger partial charge in [0.15, 0.2) is 11.2 Å². The molecule has 0 spiro atoms. The van der Waals surface area contributed by atoms with E-state index in [2.05, 4.69) is 15.3 Å². The van der Waals surface area contributed by atoms with Crippen LogP contribution in [-0.4, -0.2) is 32.7 Å². The highest BCUT2D eigenvalue weighted by Gasteiger charge is 2.23. The number of carboxylic acids is 1. The Balaban J connectivity index is 2.05. The Bertz CT molecular complexity index is 793. The molecule has 1 amide bonds. The molecule has 0 aliphatic heterocycles. The van der Waals surface area contributed by atoms with Gasteiger partial charge in [0.1, 0.15) is 5.82 Å². The molecule has 0 saturated carbocycles. The van der Waals surface area contributed by atoms with Gasteiger partial charge in [-0.15, -0.1) is 0 Å². The molecule has 1 atom stereocenters. The lowest BCUT2D eigenvalue weighted by molar-refractivity contribution is -0.141. The number of carboxylic acid groups (broad SMARTS) is 1. The van der Waals surface area contributed by atoms with E-state index < -0.39 is 23.7 Å². The van der Waals surface area contributed by atoms with Crippen molar-refractivity contribution in [2.45, 2.75) is 32.0 Å². The van der Waals surface area contributed by atoms with Gasteiger partial charge in [0.2, 0.25) is 5.91 Å². The third-order valence-electron chi connectivity index (χ3n) is 3.36. The zero-order chi connectivity index (χ0) is 18.6. The van der Waals surface area contributed by atoms with Gasteiger partial charge in [-0.1, -0.05) is 23.9 Å². The van der Waals surface area contributed by atoms with Crippen LogP contribution in [0, 0.1) is 26.6 Å². The Morgan fingerprint density at radius 3 is 2.40 bits per heavy atom. The maximum atomic E-state index is 13.3. The van der Waals surface area contributed by atoms with Gasteiger partial charge < -0.3 is 10.4 Å². The van der Waals surface area contributed by atoms with E-state index in [1.807, 2.05) is 19.9 Å². The van der Waals surface area contributed by atoms with Crippen molar-refractivity contribution in [3.05, 3.63) is 52.6 Å². The molecule has 2 N–H and O–H groups in total. The predicted octanol–water partition coefficient (Wildman–Crippen LogP) is 2.58. The number of benzene rings is 1. The number of aromatic nitrogens is 2. The summed E-state index contributed by atoms with van der Waals surface area (Å²) >= 11 is 1.12. The molecular formula is C17H18FN3O3S. The molecule has 2 rings (SSSR count). The second kappa shape index (κ2) is 8.06. The molecule has 132 valence electrons. The maximum absolute atomic E-state index is 13.3. The van der Waals surface area contributed by atoms with Gasteiger partial charge in [-0.2, -0.15) is 0 Å². The fraction of sp³-hybridized carbons (Fsp3) is 0.294. The molecule has 2 aromatic rings. The number of aryl methyl sites for hydroxylation is 3. The molecule has 0 aliphatic rings. The number of aliphatic carboxylic acids is 1. The van der Waals surface area contributed by atoms with Gasteiger partial charge in [-0.3, -0.25) is 4.79 Å². The van der Waals surface area contributed by atoms with Crippen molar-refractivity contribution in [2.24, 2.45) is 0 Å². The molecule has 1 unspecified atom stereocenters. The maximum Gasteiger partial charge on any atom is 0.330 e. The molecule has 1 heterocycles. The molecular weight excluding hydrogens is 345 g/mol. The number of carbonyl (C=O) groups excluding carboxylic acids is 1. The van der Waals surface area contributed by atoms with Gasteiger partial charge in [-0.05, 0) is 44.0 Å². The zero-order valence-corrected chi connectivity index (χ0v) is 14.9. The van der Waals surface area contributed by atoms with E-state index in [0.717, 1.165) is 23.1 Å². The van der Waals surface area contributed by atoms with Gasteiger partial charge in [-0.25, -0.2) is 19.2 Å². The Hall–Kier alpha value is -2.48. The zero-order valence-electron chi connectivity index (χ0n) is 14.0. The standard InChI is InChI=1S/C17H18FN3O3S/c1-9-6-12(4-5-13(9)18)15(16(23)24)21-14(22)8-25-17-19-10(2)7-11(3)20-17/h4-7,15H,8H2,1-3H3,(H,21,22)(H,23,24). The summed E-state index contributed by atoms with van der Waals surface area (Å²) < 4.78 is 13.3. The summed E-state index contributed by atoms with van der Waals surface area (Å²) in [5.41, 5.74) is 2.21. The first-order chi connectivity index (χ1) is 11.8. The van der Waals surface area contributed by atoms with Crippen LogP contribution in [0.2, 0.25) is 0 Å². The largest absolute Gasteiger partial charge is 0.479 e. The molecule has 0 saturated heterocycles. The van der Waals surface area contributed by atoms with Crippen LogP contribution in [0.4, 0.5) is 4.39 Å². The first-order valence-electron chi connectivity index (χ1n) is 7.49. The topological polar surface area (TPSA) is 92.2 Å². The number of rotatable bonds is 6. The number of amides is 1. The van der Waals surface area contributed by atoms with Crippen molar-refractivity contribution in [1.29, 1.82) is 0 Å². The van der Waals surface area contributed by atoms with E-state index in [-0.39, 0.29) is 5.75 Å². The van der Waals surface area contributed by atoms with Crippen molar-refractivity contribution in [1.82, 2.24) is 15.3 Å². The average molecular weight is 363 g/mol. The summed E-state index contributed by atoms with van der Waals surface area (Å²) in [7, 11) is 0. The van der Waals surface area contributed by atoms with E-state index >= 15 is 0 Å². The van der Waals surface area contributed by atoms with Gasteiger partial charge >= 0.3 is 5.97 Å². The fourth-order valence-corrected chi connectivity index (χ4v) is 2.99. The lowest BCUT2D eigenvalue weighted by atomic mass is 10.0. The minimum atomic E-state index is -1.24. The second-order valence-corrected chi connectivity index (χ2v) is 6.51. The smallest absolute Gasteiger partial charge is 0.330 e. The van der Waals surface area contributed by atoms with E-state index in [1.165, 1.54) is 25.1 Å². The summed E-state index contributed by atoms with van der Waals surface area (Å²) in [4.78, 5) is 32.0. The molecule has 8 heteroatoms. The van der Waals surface area contributed by atoms with Crippen molar-refractivity contribution in [2.75, 3.05) is 5.75 Å². The second-order valence-electron chi connectivity index (χ2n) is 5.57. The molecule has 0 aliphatic carbocycles. The highest BCUT2D eigenvalue weighted by Crippen LogP contribution is 2.19. The number of thioether (sulfide) groups is 1. The number of nitrogens with one attached hydrogen (secondary N) is 1. The summed E-state index contributed by atoms with van der Waals surface area (Å²) in [5, 5.41) is 12.3. The van der Waals surface area contributed by atoms with E-state index in [0.29, 0.717) is 16.3 Å². The van der Waals surface area contributed by atoms with Gasteiger partial charge in [0.25, 0.3) is 0 Å². The molecule has 25 heavy (non-hydrogen) atoms. The Kier molecular flexibility index (Phi) is 6.08. The van der Waals surface area contributed by atoms with Crippen LogP contribution in [0.15, 0.2) is 29.4 Å². The van der Waals surface area contributed by atoms with Crippen LogP contribution < -0.4 is 5.32 Å². The Morgan fingerprint density at radius 1 is 1.20 bits per heavy atom. The van der Waals surface area contributed by atoms with Crippen LogP contribution in [0.5, 0.6) is 0 Å². The lowest BCUT2D eigenvalue weighted by Gasteiger charge is -2.15. The predicted molar refractivity (Wildman–Crippen MR) is 91.9 cm³/mol. The molecule has 0 radical (unpaired) electrons. The number of hydrogen-bond donors (Lipinski definition) is 2. The Morgan fingerprint density at radius 2 is 1.84 bits per heavy atom. The van der Waals surface area contributed by atoms with Crippen LogP contribution in [0.3, 0.4) is 0 Å². The van der Waals surface area contributed by atoms with E-state index in [1.54, 1.807) is 0 Å². The van der Waals surface area contributed by atoms with Crippen molar-refractivity contribution < 1.29 is 19.1 Å². The molecule has 0 bridgehead atoms. The molecule has 6 nitrogen and oxygen atoms in total. The van der Waals surface area contributed by atoms with E-state index in [4.69, 9.17) is 0 Å². The minimum Gasteiger partial charge on any atom is -0.479 e. The van der Waals surface area contributed by atoms with Crippen molar-refractivity contribution in [3.63, 3.8) is 0 Å². The summed E-state index contributed by atoms with van der Waals surface area (Å²) in [6.07, 6.45) is 0. The third kappa shape index (κ3) is 5.25. The number of nitrogens with zero attached hydrogens (tertiary/aromatic N) is 2. The molecule has 0 fully saturated rings. The van der Waals surface area contributed by atoms with Gasteiger partial charge in [0.05, 0.1) is 5.75 Å².